The number of carbonyl (C=O) groups is 1. The lowest BCUT2D eigenvalue weighted by molar-refractivity contribution is 0.0977. The molecule has 4 nitrogen and oxygen atoms in total. The number of hydrogen-bond acceptors (Lipinski definition) is 3. The number of rotatable bonds is 3. The summed E-state index contributed by atoms with van der Waals surface area (Å²) in [5.74, 6) is -0.272. The lowest BCUT2D eigenvalue weighted by Gasteiger charge is -2.10. The van der Waals surface area contributed by atoms with Gasteiger partial charge in [-0.1, -0.05) is 28.1 Å². The molecule has 0 heterocycles. The minimum atomic E-state index is -0.272. The Balaban J connectivity index is 1.93. The van der Waals surface area contributed by atoms with Crippen molar-refractivity contribution in [2.24, 2.45) is 0 Å². The summed E-state index contributed by atoms with van der Waals surface area (Å²) in [7, 11) is 0. The molecule has 0 aliphatic carbocycles. The van der Waals surface area contributed by atoms with Gasteiger partial charge in [0.15, 0.2) is 5.11 Å². The van der Waals surface area contributed by atoms with Gasteiger partial charge in [-0.05, 0) is 54.2 Å². The first kappa shape index (κ1) is 16.1. The van der Waals surface area contributed by atoms with E-state index in [1.807, 2.05) is 24.3 Å². The van der Waals surface area contributed by atoms with Crippen molar-refractivity contribution in [2.45, 2.75) is 6.42 Å². The molecule has 110 valence electrons. The molecule has 0 radical (unpaired) electrons. The molecule has 2 N–H and O–H groups in total. The van der Waals surface area contributed by atoms with Gasteiger partial charge in [0, 0.05) is 15.7 Å². The maximum Gasteiger partial charge on any atom is 0.257 e. The highest BCUT2D eigenvalue weighted by Gasteiger charge is 2.07. The molecule has 0 aromatic heterocycles. The molecule has 22 heavy (non-hydrogen) atoms. The Morgan fingerprint density at radius 1 is 1.14 bits per heavy atom. The fourth-order valence-corrected chi connectivity index (χ4v) is 2.21. The first-order valence-corrected chi connectivity index (χ1v) is 7.62. The first-order valence-electron chi connectivity index (χ1n) is 6.42. The van der Waals surface area contributed by atoms with Crippen LogP contribution in [0.5, 0.6) is 0 Å². The zero-order chi connectivity index (χ0) is 15.9. The highest BCUT2D eigenvalue weighted by atomic mass is 79.9. The van der Waals surface area contributed by atoms with E-state index in [1.54, 1.807) is 24.3 Å². The second kappa shape index (κ2) is 7.69. The van der Waals surface area contributed by atoms with E-state index in [1.165, 1.54) is 0 Å². The molecule has 0 spiro atoms. The van der Waals surface area contributed by atoms with Crippen molar-refractivity contribution in [3.8, 4) is 6.07 Å². The smallest absolute Gasteiger partial charge is 0.257 e. The molecule has 0 aliphatic heterocycles. The number of nitrogens with zero attached hydrogens (tertiary/aromatic N) is 1. The summed E-state index contributed by atoms with van der Waals surface area (Å²) >= 11 is 8.43. The van der Waals surface area contributed by atoms with E-state index in [2.05, 4.69) is 32.6 Å². The standard InChI is InChI=1S/C16H12BrN3OS/c17-13-5-3-12(4-6-13)15(21)20-16(22)19-14-7-1-11(2-8-14)9-10-18/h1-8H,9H2,(H2,19,20,21,22). The van der Waals surface area contributed by atoms with Crippen LogP contribution in [0.4, 0.5) is 5.69 Å². The first-order chi connectivity index (χ1) is 10.6. The van der Waals surface area contributed by atoms with Gasteiger partial charge in [-0.25, -0.2) is 0 Å². The minimum absolute atomic E-state index is 0.223. The number of hydrogen-bond donors (Lipinski definition) is 2. The monoisotopic (exact) mass is 373 g/mol. The van der Waals surface area contributed by atoms with E-state index in [0.29, 0.717) is 12.0 Å². The van der Waals surface area contributed by atoms with Crippen molar-refractivity contribution in [3.63, 3.8) is 0 Å². The van der Waals surface area contributed by atoms with Crippen LogP contribution in [0.15, 0.2) is 53.0 Å². The second-order valence-electron chi connectivity index (χ2n) is 4.45. The molecule has 0 aliphatic rings. The Hall–Kier alpha value is -2.23. The normalized spacial score (nSPS) is 9.64. The van der Waals surface area contributed by atoms with Crippen LogP contribution >= 0.6 is 28.1 Å². The number of nitrogens with one attached hydrogen (secondary N) is 2. The van der Waals surface area contributed by atoms with Crippen LogP contribution in [0.25, 0.3) is 0 Å². The van der Waals surface area contributed by atoms with Gasteiger partial charge in [0.1, 0.15) is 0 Å². The van der Waals surface area contributed by atoms with E-state index >= 15 is 0 Å². The van der Waals surface area contributed by atoms with E-state index in [0.717, 1.165) is 15.7 Å². The molecule has 0 bridgehead atoms. The van der Waals surface area contributed by atoms with Crippen LogP contribution < -0.4 is 10.6 Å². The third-order valence-corrected chi connectivity index (χ3v) is 3.56. The SMILES string of the molecule is N#CCc1ccc(NC(=S)NC(=O)c2ccc(Br)cc2)cc1. The molecule has 0 saturated heterocycles. The van der Waals surface area contributed by atoms with Crippen molar-refractivity contribution >= 4 is 44.9 Å². The third kappa shape index (κ3) is 4.65. The predicted octanol–water partition coefficient (Wildman–Crippen LogP) is 3.64. The topological polar surface area (TPSA) is 64.9 Å². The van der Waals surface area contributed by atoms with Gasteiger partial charge in [0.25, 0.3) is 5.91 Å². The predicted molar refractivity (Wildman–Crippen MR) is 93.6 cm³/mol. The number of amides is 1. The molecule has 0 atom stereocenters. The van der Waals surface area contributed by atoms with E-state index in [4.69, 9.17) is 17.5 Å². The van der Waals surface area contributed by atoms with Gasteiger partial charge in [-0.15, -0.1) is 0 Å². The highest BCUT2D eigenvalue weighted by Crippen LogP contribution is 2.11. The largest absolute Gasteiger partial charge is 0.332 e. The van der Waals surface area contributed by atoms with Crippen LogP contribution in [-0.4, -0.2) is 11.0 Å². The quantitative estimate of drug-likeness (QED) is 0.806. The Morgan fingerprint density at radius 3 is 2.36 bits per heavy atom. The lowest BCUT2D eigenvalue weighted by Crippen LogP contribution is -2.34. The molecular formula is C16H12BrN3OS. The Bertz CT molecular complexity index is 721. The fraction of sp³-hybridized carbons (Fsp3) is 0.0625. The maximum absolute atomic E-state index is 12.0. The van der Waals surface area contributed by atoms with E-state index < -0.39 is 0 Å². The van der Waals surface area contributed by atoms with Gasteiger partial charge in [0.2, 0.25) is 0 Å². The van der Waals surface area contributed by atoms with Crippen molar-refractivity contribution < 1.29 is 4.79 Å². The minimum Gasteiger partial charge on any atom is -0.332 e. The van der Waals surface area contributed by atoms with Crippen LogP contribution in [0.3, 0.4) is 0 Å². The van der Waals surface area contributed by atoms with Crippen LogP contribution in [0, 0.1) is 11.3 Å². The van der Waals surface area contributed by atoms with Crippen molar-refractivity contribution in [3.05, 3.63) is 64.1 Å². The van der Waals surface area contributed by atoms with Crippen LogP contribution in [-0.2, 0) is 6.42 Å². The maximum atomic E-state index is 12.0. The summed E-state index contributed by atoms with van der Waals surface area (Å²) in [6.45, 7) is 0. The molecule has 6 heteroatoms. The van der Waals surface area contributed by atoms with Crippen molar-refractivity contribution in [1.82, 2.24) is 5.32 Å². The highest BCUT2D eigenvalue weighted by molar-refractivity contribution is 9.10. The zero-order valence-corrected chi connectivity index (χ0v) is 13.9. The summed E-state index contributed by atoms with van der Waals surface area (Å²) in [4.78, 5) is 12.0. The Kier molecular flexibility index (Phi) is 5.64. The molecule has 2 aromatic rings. The molecule has 2 aromatic carbocycles. The number of benzene rings is 2. The van der Waals surface area contributed by atoms with Crippen molar-refractivity contribution in [2.75, 3.05) is 5.32 Å². The second-order valence-corrected chi connectivity index (χ2v) is 5.77. The van der Waals surface area contributed by atoms with E-state index in [-0.39, 0.29) is 11.0 Å². The summed E-state index contributed by atoms with van der Waals surface area (Å²) in [6, 6.07) is 16.4. The average molecular weight is 374 g/mol. The molecule has 0 saturated carbocycles. The van der Waals surface area contributed by atoms with Crippen molar-refractivity contribution in [1.29, 1.82) is 5.26 Å². The number of anilines is 1. The molecular weight excluding hydrogens is 362 g/mol. The Labute approximate surface area is 142 Å². The number of nitriles is 1. The summed E-state index contributed by atoms with van der Waals surface area (Å²) in [5.41, 5.74) is 2.21. The third-order valence-electron chi connectivity index (χ3n) is 2.83. The van der Waals surface area contributed by atoms with Gasteiger partial charge in [-0.2, -0.15) is 5.26 Å². The number of halogens is 1. The fourth-order valence-electron chi connectivity index (χ4n) is 1.74. The van der Waals surface area contributed by atoms with Gasteiger partial charge >= 0.3 is 0 Å². The summed E-state index contributed by atoms with van der Waals surface area (Å²) in [5, 5.41) is 14.4. The average Bonchev–Trinajstić information content (AvgIpc) is 2.50. The number of thiocarbonyl (C=S) groups is 1. The Morgan fingerprint density at radius 2 is 1.77 bits per heavy atom. The van der Waals surface area contributed by atoms with Crippen LogP contribution in [0.2, 0.25) is 0 Å². The van der Waals surface area contributed by atoms with E-state index in [9.17, 15) is 4.79 Å². The van der Waals surface area contributed by atoms with Crippen LogP contribution in [0.1, 0.15) is 15.9 Å². The molecule has 2 rings (SSSR count). The summed E-state index contributed by atoms with van der Waals surface area (Å²) < 4.78 is 0.905. The molecule has 0 fully saturated rings. The molecule has 0 unspecified atom stereocenters. The molecule has 1 amide bonds. The van der Waals surface area contributed by atoms with Gasteiger partial charge in [-0.3, -0.25) is 10.1 Å². The lowest BCUT2D eigenvalue weighted by atomic mass is 10.1. The zero-order valence-electron chi connectivity index (χ0n) is 11.5. The van der Waals surface area contributed by atoms with Gasteiger partial charge < -0.3 is 5.32 Å². The summed E-state index contributed by atoms with van der Waals surface area (Å²) in [6.07, 6.45) is 0.366. The number of carbonyl (C=O) groups excluding carboxylic acids is 1. The van der Waals surface area contributed by atoms with Gasteiger partial charge in [0.05, 0.1) is 12.5 Å².